The largest absolute Gasteiger partial charge is 0.375 e. The van der Waals surface area contributed by atoms with Crippen LogP contribution in [0.15, 0.2) is 47.2 Å². The Balaban J connectivity index is 2.28. The molecule has 1 aromatic carbocycles. The Labute approximate surface area is 113 Å². The van der Waals surface area contributed by atoms with Crippen LogP contribution < -0.4 is 5.32 Å². The third kappa shape index (κ3) is 2.99. The average Bonchev–Trinajstić information content (AvgIpc) is 2.93. The molecule has 0 fully saturated rings. The van der Waals surface area contributed by atoms with Gasteiger partial charge in [0.2, 0.25) is 0 Å². The maximum atomic E-state index is 5.72. The van der Waals surface area contributed by atoms with Crippen molar-refractivity contribution in [2.45, 2.75) is 19.1 Å². The first-order valence-corrected chi connectivity index (χ1v) is 7.14. The molecule has 3 heteroatoms. The highest BCUT2D eigenvalue weighted by atomic mass is 32.1. The van der Waals surface area contributed by atoms with Gasteiger partial charge < -0.3 is 10.1 Å². The molecule has 2 aromatic rings. The molecule has 0 spiro atoms. The summed E-state index contributed by atoms with van der Waals surface area (Å²) >= 11 is 1.72. The minimum absolute atomic E-state index is 0.0424. The Morgan fingerprint density at radius 1 is 1.17 bits per heavy atom. The predicted octanol–water partition coefficient (Wildman–Crippen LogP) is 3.79. The Morgan fingerprint density at radius 3 is 2.50 bits per heavy atom. The van der Waals surface area contributed by atoms with E-state index in [1.807, 2.05) is 6.07 Å². The number of benzene rings is 1. The zero-order valence-electron chi connectivity index (χ0n) is 10.8. The van der Waals surface area contributed by atoms with Gasteiger partial charge in [-0.1, -0.05) is 37.3 Å². The van der Waals surface area contributed by atoms with Crippen LogP contribution in [0.2, 0.25) is 0 Å². The fraction of sp³-hybridized carbons (Fsp3) is 0.333. The Morgan fingerprint density at radius 2 is 1.94 bits per heavy atom. The van der Waals surface area contributed by atoms with Gasteiger partial charge in [-0.3, -0.25) is 0 Å². The average molecular weight is 261 g/mol. The van der Waals surface area contributed by atoms with E-state index in [-0.39, 0.29) is 12.1 Å². The van der Waals surface area contributed by atoms with Crippen molar-refractivity contribution in [1.82, 2.24) is 5.32 Å². The summed E-state index contributed by atoms with van der Waals surface area (Å²) in [6, 6.07) is 12.7. The van der Waals surface area contributed by atoms with Gasteiger partial charge in [0.25, 0.3) is 0 Å². The molecule has 0 radical (unpaired) electrons. The zero-order chi connectivity index (χ0) is 12.8. The minimum atomic E-state index is 0.0424. The number of hydrogen-bond acceptors (Lipinski definition) is 3. The number of ether oxygens (including phenoxy) is 1. The normalized spacial score (nSPS) is 14.3. The molecule has 0 aliphatic carbocycles. The van der Waals surface area contributed by atoms with E-state index in [1.165, 1.54) is 11.1 Å². The van der Waals surface area contributed by atoms with Crippen LogP contribution in [0.4, 0.5) is 0 Å². The summed E-state index contributed by atoms with van der Waals surface area (Å²) in [5, 5.41) is 7.81. The van der Waals surface area contributed by atoms with Crippen molar-refractivity contribution in [2.75, 3.05) is 13.7 Å². The number of nitrogens with one attached hydrogen (secondary N) is 1. The van der Waals surface area contributed by atoms with Gasteiger partial charge in [-0.25, -0.2) is 0 Å². The van der Waals surface area contributed by atoms with Crippen LogP contribution in [0, 0.1) is 0 Å². The molecule has 1 N–H and O–H groups in total. The summed E-state index contributed by atoms with van der Waals surface area (Å²) in [5.74, 6) is 0. The lowest BCUT2D eigenvalue weighted by Gasteiger charge is -2.26. The van der Waals surface area contributed by atoms with Gasteiger partial charge in [0.1, 0.15) is 6.10 Å². The quantitative estimate of drug-likeness (QED) is 0.854. The first-order valence-electron chi connectivity index (χ1n) is 6.20. The van der Waals surface area contributed by atoms with Crippen molar-refractivity contribution >= 4 is 11.3 Å². The van der Waals surface area contributed by atoms with Crippen LogP contribution in [-0.2, 0) is 4.74 Å². The van der Waals surface area contributed by atoms with Crippen LogP contribution >= 0.6 is 11.3 Å². The summed E-state index contributed by atoms with van der Waals surface area (Å²) in [7, 11) is 1.77. The van der Waals surface area contributed by atoms with E-state index in [1.54, 1.807) is 18.4 Å². The minimum Gasteiger partial charge on any atom is -0.375 e. The molecular weight excluding hydrogens is 242 g/mol. The summed E-state index contributed by atoms with van der Waals surface area (Å²) < 4.78 is 5.72. The maximum Gasteiger partial charge on any atom is 0.102 e. The first-order chi connectivity index (χ1) is 8.86. The number of methoxy groups -OCH3 is 1. The third-order valence-corrected chi connectivity index (χ3v) is 3.71. The van der Waals surface area contributed by atoms with Gasteiger partial charge in [-0.05, 0) is 34.5 Å². The van der Waals surface area contributed by atoms with E-state index in [9.17, 15) is 0 Å². The zero-order valence-corrected chi connectivity index (χ0v) is 11.6. The molecule has 96 valence electrons. The molecule has 2 nitrogen and oxygen atoms in total. The number of hydrogen-bond donors (Lipinski definition) is 1. The molecule has 0 aliphatic heterocycles. The number of thiophene rings is 1. The molecule has 2 unspecified atom stereocenters. The molecule has 0 aliphatic rings. The van der Waals surface area contributed by atoms with E-state index >= 15 is 0 Å². The molecule has 0 amide bonds. The van der Waals surface area contributed by atoms with Gasteiger partial charge in [0, 0.05) is 7.11 Å². The van der Waals surface area contributed by atoms with Gasteiger partial charge in [0.05, 0.1) is 6.04 Å². The summed E-state index contributed by atoms with van der Waals surface area (Å²) in [5.41, 5.74) is 2.50. The van der Waals surface area contributed by atoms with Crippen molar-refractivity contribution in [3.63, 3.8) is 0 Å². The van der Waals surface area contributed by atoms with Crippen LogP contribution in [-0.4, -0.2) is 13.7 Å². The van der Waals surface area contributed by atoms with E-state index in [4.69, 9.17) is 4.74 Å². The molecule has 18 heavy (non-hydrogen) atoms. The van der Waals surface area contributed by atoms with Crippen LogP contribution in [0.5, 0.6) is 0 Å². The molecular formula is C15H19NOS. The topological polar surface area (TPSA) is 21.3 Å². The highest BCUT2D eigenvalue weighted by Gasteiger charge is 2.23. The van der Waals surface area contributed by atoms with Crippen molar-refractivity contribution < 1.29 is 4.74 Å². The Hall–Kier alpha value is -1.16. The van der Waals surface area contributed by atoms with Crippen molar-refractivity contribution in [2.24, 2.45) is 0 Å². The lowest BCUT2D eigenvalue weighted by molar-refractivity contribution is 0.0683. The van der Waals surface area contributed by atoms with Gasteiger partial charge in [-0.15, -0.1) is 0 Å². The third-order valence-electron chi connectivity index (χ3n) is 3.01. The van der Waals surface area contributed by atoms with Crippen molar-refractivity contribution in [3.8, 4) is 0 Å². The Bertz CT molecular complexity index is 441. The van der Waals surface area contributed by atoms with Crippen molar-refractivity contribution in [1.29, 1.82) is 0 Å². The first kappa shape index (κ1) is 13.3. The molecule has 2 rings (SSSR count). The lowest BCUT2D eigenvalue weighted by Crippen LogP contribution is -2.27. The van der Waals surface area contributed by atoms with Crippen molar-refractivity contribution in [3.05, 3.63) is 58.3 Å². The van der Waals surface area contributed by atoms with Crippen LogP contribution in [0.1, 0.15) is 30.2 Å². The SMILES string of the molecule is CCNC(c1ccsc1)C(OC)c1ccccc1. The number of likely N-dealkylation sites (N-methyl/N-ethyl adjacent to an activating group) is 1. The maximum absolute atomic E-state index is 5.72. The van der Waals surface area contributed by atoms with E-state index < -0.39 is 0 Å². The lowest BCUT2D eigenvalue weighted by atomic mass is 9.97. The highest BCUT2D eigenvalue weighted by molar-refractivity contribution is 7.07. The fourth-order valence-electron chi connectivity index (χ4n) is 2.18. The molecule has 0 saturated carbocycles. The van der Waals surface area contributed by atoms with Crippen LogP contribution in [0.25, 0.3) is 0 Å². The molecule has 0 saturated heterocycles. The second-order valence-corrected chi connectivity index (χ2v) is 4.94. The fourth-order valence-corrected chi connectivity index (χ4v) is 2.88. The van der Waals surface area contributed by atoms with Gasteiger partial charge in [0.15, 0.2) is 0 Å². The van der Waals surface area contributed by atoms with E-state index in [0.717, 1.165) is 6.54 Å². The smallest absolute Gasteiger partial charge is 0.102 e. The Kier molecular flexibility index (Phi) is 4.93. The number of rotatable bonds is 6. The van der Waals surface area contributed by atoms with Gasteiger partial charge >= 0.3 is 0 Å². The second-order valence-electron chi connectivity index (χ2n) is 4.16. The van der Waals surface area contributed by atoms with E-state index in [0.29, 0.717) is 0 Å². The standard InChI is InChI=1S/C15H19NOS/c1-3-16-14(13-9-10-18-11-13)15(17-2)12-7-5-4-6-8-12/h4-11,14-16H,3H2,1-2H3. The summed E-state index contributed by atoms with van der Waals surface area (Å²) in [6.45, 7) is 3.05. The van der Waals surface area contributed by atoms with E-state index in [2.05, 4.69) is 53.3 Å². The summed E-state index contributed by atoms with van der Waals surface area (Å²) in [4.78, 5) is 0. The molecule has 1 heterocycles. The second kappa shape index (κ2) is 6.69. The monoisotopic (exact) mass is 261 g/mol. The highest BCUT2D eigenvalue weighted by Crippen LogP contribution is 2.32. The molecule has 2 atom stereocenters. The van der Waals surface area contributed by atoms with Crippen LogP contribution in [0.3, 0.4) is 0 Å². The molecule has 1 aromatic heterocycles. The molecule has 0 bridgehead atoms. The van der Waals surface area contributed by atoms with Gasteiger partial charge in [-0.2, -0.15) is 11.3 Å². The predicted molar refractivity (Wildman–Crippen MR) is 76.9 cm³/mol. The summed E-state index contributed by atoms with van der Waals surface area (Å²) in [6.07, 6.45) is 0.0424.